The Morgan fingerprint density at radius 3 is 2.13 bits per heavy atom. The van der Waals surface area contributed by atoms with Crippen LogP contribution in [-0.4, -0.2) is 46.9 Å². The van der Waals surface area contributed by atoms with Gasteiger partial charge >= 0.3 is 0 Å². The lowest BCUT2D eigenvalue weighted by Gasteiger charge is -2.08. The second-order valence-electron chi connectivity index (χ2n) is 5.20. The maximum atomic E-state index is 10.8. The summed E-state index contributed by atoms with van der Waals surface area (Å²) in [6.45, 7) is 5.79. The van der Waals surface area contributed by atoms with Crippen molar-refractivity contribution in [1.82, 2.24) is 10.3 Å². The van der Waals surface area contributed by atoms with Crippen LogP contribution in [0, 0.1) is 0 Å². The number of amides is 1. The highest BCUT2D eigenvalue weighted by Crippen LogP contribution is 2.27. The Labute approximate surface area is 148 Å². The molecule has 0 aliphatic carbocycles. The van der Waals surface area contributed by atoms with Gasteiger partial charge in [-0.1, -0.05) is 24.9 Å². The van der Waals surface area contributed by atoms with Gasteiger partial charge in [-0.25, -0.2) is 0 Å². The molecule has 2 rings (SSSR count). The van der Waals surface area contributed by atoms with E-state index < -0.39 is 12.0 Å². The molecule has 2 heterocycles. The lowest BCUT2D eigenvalue weighted by atomic mass is 10.2. The number of aromatic amines is 1. The van der Waals surface area contributed by atoms with Gasteiger partial charge in [0.25, 0.3) is 5.91 Å². The van der Waals surface area contributed by atoms with Crippen LogP contribution in [0.1, 0.15) is 49.2 Å². The van der Waals surface area contributed by atoms with E-state index >= 15 is 0 Å². The van der Waals surface area contributed by atoms with Crippen molar-refractivity contribution >= 4 is 30.1 Å². The van der Waals surface area contributed by atoms with E-state index in [1.165, 1.54) is 39.3 Å². The monoisotopic (exact) mass is 365 g/mol. The average Bonchev–Trinajstić information content (AvgIpc) is 2.85. The number of hydrogen-bond donors (Lipinski definition) is 6. The van der Waals surface area contributed by atoms with Crippen LogP contribution >= 0.6 is 24.2 Å². The van der Waals surface area contributed by atoms with Crippen molar-refractivity contribution in [3.05, 3.63) is 16.3 Å². The molecule has 23 heavy (non-hydrogen) atoms. The molecule has 6 nitrogen and oxygen atoms in total. The molecule has 0 bridgehead atoms. The van der Waals surface area contributed by atoms with E-state index in [0.29, 0.717) is 22.2 Å². The molecule has 1 aromatic heterocycles. The SMILES string of the molecule is C1CCNCC1.CC(O)CO.CCc1c(C(N)=O)[nH]c(S)c1Cl. The molecule has 1 aromatic rings. The highest BCUT2D eigenvalue weighted by Gasteiger charge is 2.15. The smallest absolute Gasteiger partial charge is 0.265 e. The van der Waals surface area contributed by atoms with Crippen LogP contribution in [-0.2, 0) is 6.42 Å². The number of aliphatic hydroxyl groups is 2. The average molecular weight is 366 g/mol. The number of halogens is 1. The molecule has 0 radical (unpaired) electrons. The summed E-state index contributed by atoms with van der Waals surface area (Å²) in [6, 6.07) is 0. The van der Waals surface area contributed by atoms with Crippen LogP contribution in [0.3, 0.4) is 0 Å². The van der Waals surface area contributed by atoms with Gasteiger partial charge in [-0.15, -0.1) is 12.6 Å². The van der Waals surface area contributed by atoms with E-state index in [1.807, 2.05) is 6.92 Å². The highest BCUT2D eigenvalue weighted by atomic mass is 35.5. The number of primary amides is 1. The molecule has 1 amide bonds. The lowest BCUT2D eigenvalue weighted by molar-refractivity contribution is 0.0995. The number of H-pyrrole nitrogens is 1. The predicted octanol–water partition coefficient (Wildman–Crippen LogP) is 1.74. The number of aliphatic hydroxyl groups excluding tert-OH is 2. The number of nitrogens with one attached hydrogen (secondary N) is 2. The van der Waals surface area contributed by atoms with Gasteiger partial charge in [0.2, 0.25) is 0 Å². The van der Waals surface area contributed by atoms with E-state index in [1.54, 1.807) is 0 Å². The number of rotatable bonds is 3. The zero-order valence-corrected chi connectivity index (χ0v) is 15.4. The molecular formula is C15H28ClN3O3S. The van der Waals surface area contributed by atoms with Crippen LogP contribution in [0.4, 0.5) is 0 Å². The first-order chi connectivity index (χ1) is 10.8. The maximum absolute atomic E-state index is 10.8. The standard InChI is InChI=1S/C7H9ClN2OS.C5H11N.C3H8O2/c1-2-3-4(8)7(12)10-5(3)6(9)11;1-2-4-6-5-3-1;1-3(5)2-4/h10,12H,2H2,1H3,(H2,9,11);6H,1-5H2;3-5H,2H2,1H3. The first-order valence-electron chi connectivity index (χ1n) is 7.73. The molecule has 1 atom stereocenters. The molecule has 1 fully saturated rings. The molecule has 0 aromatic carbocycles. The summed E-state index contributed by atoms with van der Waals surface area (Å²) in [6.07, 6.45) is 4.32. The Bertz CT molecular complexity index is 452. The first-order valence-corrected chi connectivity index (χ1v) is 8.56. The van der Waals surface area contributed by atoms with Crippen molar-refractivity contribution < 1.29 is 15.0 Å². The van der Waals surface area contributed by atoms with Gasteiger partial charge in [0.1, 0.15) is 5.69 Å². The second kappa shape index (κ2) is 12.7. The molecule has 1 aliphatic heterocycles. The zero-order valence-electron chi connectivity index (χ0n) is 13.7. The first kappa shape index (κ1) is 22.3. The van der Waals surface area contributed by atoms with E-state index in [0.717, 1.165) is 5.56 Å². The summed E-state index contributed by atoms with van der Waals surface area (Å²) in [4.78, 5) is 13.6. The number of carbonyl (C=O) groups excluding carboxylic acids is 1. The summed E-state index contributed by atoms with van der Waals surface area (Å²) in [5, 5.41) is 20.3. The second-order valence-corrected chi connectivity index (χ2v) is 6.03. The fourth-order valence-electron chi connectivity index (χ4n) is 1.85. The molecular weight excluding hydrogens is 338 g/mol. The number of aromatic nitrogens is 1. The largest absolute Gasteiger partial charge is 0.394 e. The van der Waals surface area contributed by atoms with Gasteiger partial charge in [0, 0.05) is 5.56 Å². The highest BCUT2D eigenvalue weighted by molar-refractivity contribution is 7.80. The normalized spacial score (nSPS) is 14.9. The van der Waals surface area contributed by atoms with Crippen LogP contribution in [0.5, 0.6) is 0 Å². The van der Waals surface area contributed by atoms with Crippen molar-refractivity contribution in [2.24, 2.45) is 5.73 Å². The third-order valence-corrected chi connectivity index (χ3v) is 3.97. The summed E-state index contributed by atoms with van der Waals surface area (Å²) >= 11 is 9.88. The van der Waals surface area contributed by atoms with Crippen LogP contribution < -0.4 is 11.1 Å². The zero-order chi connectivity index (χ0) is 17.8. The van der Waals surface area contributed by atoms with E-state index in [4.69, 9.17) is 27.5 Å². The number of thiol groups is 1. The van der Waals surface area contributed by atoms with Crippen LogP contribution in [0.15, 0.2) is 5.03 Å². The fraction of sp³-hybridized carbons (Fsp3) is 0.667. The van der Waals surface area contributed by atoms with Crippen LogP contribution in [0.2, 0.25) is 5.02 Å². The van der Waals surface area contributed by atoms with Gasteiger partial charge in [-0.05, 0) is 39.3 Å². The summed E-state index contributed by atoms with van der Waals surface area (Å²) in [7, 11) is 0. The Kier molecular flexibility index (Phi) is 12.3. The lowest BCUT2D eigenvalue weighted by Crippen LogP contribution is -2.21. The van der Waals surface area contributed by atoms with Gasteiger partial charge < -0.3 is 26.2 Å². The summed E-state index contributed by atoms with van der Waals surface area (Å²) in [5.41, 5.74) is 6.19. The minimum atomic E-state index is -0.560. The molecule has 1 aliphatic rings. The number of hydrogen-bond acceptors (Lipinski definition) is 5. The molecule has 8 heteroatoms. The Morgan fingerprint density at radius 2 is 1.91 bits per heavy atom. The van der Waals surface area contributed by atoms with E-state index in [-0.39, 0.29) is 6.61 Å². The molecule has 0 spiro atoms. The number of piperidine rings is 1. The van der Waals surface area contributed by atoms with Crippen molar-refractivity contribution in [1.29, 1.82) is 0 Å². The van der Waals surface area contributed by atoms with Crippen molar-refractivity contribution in [3.63, 3.8) is 0 Å². The van der Waals surface area contributed by atoms with Crippen molar-refractivity contribution in [3.8, 4) is 0 Å². The quantitative estimate of drug-likeness (QED) is 0.458. The minimum Gasteiger partial charge on any atom is -0.394 e. The Morgan fingerprint density at radius 1 is 1.39 bits per heavy atom. The van der Waals surface area contributed by atoms with Crippen LogP contribution in [0.25, 0.3) is 0 Å². The Balaban J connectivity index is 0.000000367. The molecule has 1 saturated heterocycles. The maximum Gasteiger partial charge on any atom is 0.265 e. The van der Waals surface area contributed by atoms with Gasteiger partial charge in [0.05, 0.1) is 22.8 Å². The summed E-state index contributed by atoms with van der Waals surface area (Å²) < 4.78 is 0. The minimum absolute atomic E-state index is 0.139. The van der Waals surface area contributed by atoms with Gasteiger partial charge in [-0.3, -0.25) is 4.79 Å². The van der Waals surface area contributed by atoms with Gasteiger partial charge in [0.15, 0.2) is 0 Å². The summed E-state index contributed by atoms with van der Waals surface area (Å²) in [5.74, 6) is -0.506. The van der Waals surface area contributed by atoms with E-state index in [9.17, 15) is 4.79 Å². The predicted molar refractivity (Wildman–Crippen MR) is 96.4 cm³/mol. The fourth-order valence-corrected chi connectivity index (χ4v) is 2.37. The molecule has 0 saturated carbocycles. The Hall–Kier alpha value is -0.730. The molecule has 134 valence electrons. The third-order valence-electron chi connectivity index (χ3n) is 3.09. The van der Waals surface area contributed by atoms with Crippen molar-refractivity contribution in [2.45, 2.75) is 50.7 Å². The molecule has 1 unspecified atom stereocenters. The van der Waals surface area contributed by atoms with Gasteiger partial charge in [-0.2, -0.15) is 0 Å². The third kappa shape index (κ3) is 9.22. The van der Waals surface area contributed by atoms with E-state index in [2.05, 4.69) is 22.9 Å². The molecule has 6 N–H and O–H groups in total. The van der Waals surface area contributed by atoms with Crippen molar-refractivity contribution in [2.75, 3.05) is 19.7 Å². The topological polar surface area (TPSA) is 111 Å². The number of nitrogens with two attached hydrogens (primary N) is 1. The number of carbonyl (C=O) groups is 1.